The first-order chi connectivity index (χ1) is 7.65. The Morgan fingerprint density at radius 2 is 1.81 bits per heavy atom. The molecule has 0 aliphatic rings. The van der Waals surface area contributed by atoms with Crippen LogP contribution in [0.1, 0.15) is 26.3 Å². The normalized spacial score (nSPS) is 14.8. The van der Waals surface area contributed by atoms with E-state index in [2.05, 4.69) is 13.8 Å². The zero-order valence-electron chi connectivity index (χ0n) is 10.2. The summed E-state index contributed by atoms with van der Waals surface area (Å²) in [4.78, 5) is 10.8. The molecule has 0 unspecified atom stereocenters. The molecule has 0 amide bonds. The van der Waals surface area contributed by atoms with E-state index in [1.54, 1.807) is 0 Å². The quantitative estimate of drug-likeness (QED) is 0.689. The van der Waals surface area contributed by atoms with Gasteiger partial charge in [0.2, 0.25) is 0 Å². The number of carbonyl (C=O) groups excluding carboxylic acids is 1. The van der Waals surface area contributed by atoms with Crippen molar-refractivity contribution in [1.82, 2.24) is 0 Å². The van der Waals surface area contributed by atoms with Crippen LogP contribution in [0.4, 0.5) is 0 Å². The molecule has 1 aromatic carbocycles. The maximum atomic E-state index is 10.8. The summed E-state index contributed by atoms with van der Waals surface area (Å²) in [5.74, 6) is 0.299. The Morgan fingerprint density at radius 1 is 1.19 bits per heavy atom. The molecule has 16 heavy (non-hydrogen) atoms. The molecular formula is C14H20O2. The standard InChI is InChI=1S/C14H20O2/c1-11(2)14(12(3)9-15)16-10-13-7-5-4-6-8-13/h4-9,11-12,14H,10H2,1-3H3/t12-,14+/m1/s1. The molecule has 0 aromatic heterocycles. The monoisotopic (exact) mass is 220 g/mol. The summed E-state index contributed by atoms with van der Waals surface area (Å²) >= 11 is 0. The number of aldehydes is 1. The highest BCUT2D eigenvalue weighted by Gasteiger charge is 2.20. The van der Waals surface area contributed by atoms with Crippen LogP contribution in [-0.2, 0) is 16.1 Å². The van der Waals surface area contributed by atoms with Gasteiger partial charge in [-0.25, -0.2) is 0 Å². The SMILES string of the molecule is CC(C)[C@H](OCc1ccccc1)[C@H](C)C=O. The van der Waals surface area contributed by atoms with Crippen LogP contribution in [0.3, 0.4) is 0 Å². The van der Waals surface area contributed by atoms with Crippen LogP contribution in [0.2, 0.25) is 0 Å². The summed E-state index contributed by atoms with van der Waals surface area (Å²) in [6, 6.07) is 10.0. The lowest BCUT2D eigenvalue weighted by Crippen LogP contribution is -2.28. The summed E-state index contributed by atoms with van der Waals surface area (Å²) in [6.45, 7) is 6.63. The molecule has 0 fully saturated rings. The Kier molecular flexibility index (Phi) is 5.20. The van der Waals surface area contributed by atoms with Gasteiger partial charge in [0.05, 0.1) is 12.7 Å². The third-order valence-corrected chi connectivity index (χ3v) is 2.68. The molecule has 0 N–H and O–H groups in total. The fraction of sp³-hybridized carbons (Fsp3) is 0.500. The van der Waals surface area contributed by atoms with Crippen molar-refractivity contribution in [3.05, 3.63) is 35.9 Å². The maximum Gasteiger partial charge on any atom is 0.125 e. The van der Waals surface area contributed by atoms with Gasteiger partial charge in [0, 0.05) is 5.92 Å². The maximum absolute atomic E-state index is 10.8. The van der Waals surface area contributed by atoms with E-state index in [0.717, 1.165) is 11.8 Å². The molecule has 0 bridgehead atoms. The van der Waals surface area contributed by atoms with Gasteiger partial charge >= 0.3 is 0 Å². The van der Waals surface area contributed by atoms with E-state index in [4.69, 9.17) is 4.74 Å². The molecule has 0 aliphatic carbocycles. The van der Waals surface area contributed by atoms with Crippen molar-refractivity contribution in [3.8, 4) is 0 Å². The van der Waals surface area contributed by atoms with E-state index in [1.807, 2.05) is 37.3 Å². The highest BCUT2D eigenvalue weighted by Crippen LogP contribution is 2.17. The van der Waals surface area contributed by atoms with E-state index in [9.17, 15) is 4.79 Å². The van der Waals surface area contributed by atoms with Crippen LogP contribution in [0.25, 0.3) is 0 Å². The second kappa shape index (κ2) is 6.44. The summed E-state index contributed by atoms with van der Waals surface area (Å²) < 4.78 is 5.81. The Hall–Kier alpha value is -1.15. The fourth-order valence-electron chi connectivity index (χ4n) is 1.80. The molecule has 2 atom stereocenters. The van der Waals surface area contributed by atoms with Crippen molar-refractivity contribution in [2.24, 2.45) is 11.8 Å². The number of rotatable bonds is 6. The topological polar surface area (TPSA) is 26.3 Å². The summed E-state index contributed by atoms with van der Waals surface area (Å²) in [7, 11) is 0. The molecule has 88 valence electrons. The molecule has 1 aromatic rings. The highest BCUT2D eigenvalue weighted by atomic mass is 16.5. The second-order valence-corrected chi connectivity index (χ2v) is 4.50. The third kappa shape index (κ3) is 3.78. The lowest BCUT2D eigenvalue weighted by Gasteiger charge is -2.24. The molecule has 0 aliphatic heterocycles. The van der Waals surface area contributed by atoms with Crippen molar-refractivity contribution in [2.45, 2.75) is 33.5 Å². The first-order valence-electron chi connectivity index (χ1n) is 5.76. The van der Waals surface area contributed by atoms with E-state index in [-0.39, 0.29) is 12.0 Å². The van der Waals surface area contributed by atoms with Gasteiger partial charge in [0.15, 0.2) is 0 Å². The Bertz CT molecular complexity index is 306. The Balaban J connectivity index is 2.54. The predicted octanol–water partition coefficient (Wildman–Crippen LogP) is 3.06. The summed E-state index contributed by atoms with van der Waals surface area (Å²) in [5.41, 5.74) is 1.14. The summed E-state index contributed by atoms with van der Waals surface area (Å²) in [6.07, 6.45) is 0.966. The van der Waals surface area contributed by atoms with Gasteiger partial charge in [-0.2, -0.15) is 0 Å². The molecule has 0 spiro atoms. The van der Waals surface area contributed by atoms with Crippen molar-refractivity contribution < 1.29 is 9.53 Å². The molecular weight excluding hydrogens is 200 g/mol. The molecule has 0 saturated carbocycles. The minimum absolute atomic E-state index is 0.00212. The largest absolute Gasteiger partial charge is 0.373 e. The average Bonchev–Trinajstić information content (AvgIpc) is 2.30. The van der Waals surface area contributed by atoms with Crippen LogP contribution >= 0.6 is 0 Å². The van der Waals surface area contributed by atoms with Gasteiger partial charge in [-0.15, -0.1) is 0 Å². The zero-order valence-corrected chi connectivity index (χ0v) is 10.2. The fourth-order valence-corrected chi connectivity index (χ4v) is 1.80. The zero-order chi connectivity index (χ0) is 12.0. The minimum atomic E-state index is -0.0521. The van der Waals surface area contributed by atoms with E-state index >= 15 is 0 Å². The number of hydrogen-bond acceptors (Lipinski definition) is 2. The van der Waals surface area contributed by atoms with Gasteiger partial charge in [-0.3, -0.25) is 0 Å². The average molecular weight is 220 g/mol. The third-order valence-electron chi connectivity index (χ3n) is 2.68. The van der Waals surface area contributed by atoms with E-state index in [0.29, 0.717) is 12.5 Å². The molecule has 2 nitrogen and oxygen atoms in total. The van der Waals surface area contributed by atoms with Crippen molar-refractivity contribution in [2.75, 3.05) is 0 Å². The van der Waals surface area contributed by atoms with Crippen LogP contribution in [0.5, 0.6) is 0 Å². The number of ether oxygens (including phenoxy) is 1. The molecule has 0 saturated heterocycles. The first-order valence-corrected chi connectivity index (χ1v) is 5.76. The van der Waals surface area contributed by atoms with Crippen molar-refractivity contribution in [3.63, 3.8) is 0 Å². The Morgan fingerprint density at radius 3 is 2.31 bits per heavy atom. The molecule has 2 heteroatoms. The first kappa shape index (κ1) is 12.9. The highest BCUT2D eigenvalue weighted by molar-refractivity contribution is 5.53. The van der Waals surface area contributed by atoms with Crippen LogP contribution in [-0.4, -0.2) is 12.4 Å². The van der Waals surface area contributed by atoms with Gasteiger partial charge in [0.25, 0.3) is 0 Å². The lowest BCUT2D eigenvalue weighted by molar-refractivity contribution is -0.117. The summed E-state index contributed by atoms with van der Waals surface area (Å²) in [5, 5.41) is 0. The van der Waals surface area contributed by atoms with E-state index < -0.39 is 0 Å². The van der Waals surface area contributed by atoms with Crippen molar-refractivity contribution >= 4 is 6.29 Å². The van der Waals surface area contributed by atoms with E-state index in [1.165, 1.54) is 0 Å². The van der Waals surface area contributed by atoms with Gasteiger partial charge in [-0.05, 0) is 11.5 Å². The van der Waals surface area contributed by atoms with Crippen LogP contribution < -0.4 is 0 Å². The number of carbonyl (C=O) groups is 1. The van der Waals surface area contributed by atoms with Gasteiger partial charge in [0.1, 0.15) is 6.29 Å². The molecule has 1 rings (SSSR count). The number of benzene rings is 1. The van der Waals surface area contributed by atoms with Crippen LogP contribution in [0, 0.1) is 11.8 Å². The second-order valence-electron chi connectivity index (χ2n) is 4.50. The van der Waals surface area contributed by atoms with Gasteiger partial charge < -0.3 is 9.53 Å². The lowest BCUT2D eigenvalue weighted by atomic mass is 9.96. The Labute approximate surface area is 97.6 Å². The number of hydrogen-bond donors (Lipinski definition) is 0. The minimum Gasteiger partial charge on any atom is -0.373 e. The molecule has 0 radical (unpaired) electrons. The molecule has 0 heterocycles. The smallest absolute Gasteiger partial charge is 0.125 e. The van der Waals surface area contributed by atoms with Crippen molar-refractivity contribution in [1.29, 1.82) is 0 Å². The van der Waals surface area contributed by atoms with Gasteiger partial charge in [-0.1, -0.05) is 51.1 Å². The van der Waals surface area contributed by atoms with Crippen LogP contribution in [0.15, 0.2) is 30.3 Å². The predicted molar refractivity (Wildman–Crippen MR) is 65.1 cm³/mol.